The summed E-state index contributed by atoms with van der Waals surface area (Å²) >= 11 is 0. The molecule has 0 saturated heterocycles. The number of nitrogens with zero attached hydrogens (tertiary/aromatic N) is 1. The Kier molecular flexibility index (Phi) is 6.44. The Morgan fingerprint density at radius 3 is 2.61 bits per heavy atom. The maximum absolute atomic E-state index is 12.8. The summed E-state index contributed by atoms with van der Waals surface area (Å²) < 4.78 is 16.6. The number of hydrogen-bond acceptors (Lipinski definition) is 6. The molecule has 0 aliphatic carbocycles. The van der Waals surface area contributed by atoms with Crippen LogP contribution in [0, 0.1) is 0 Å². The molecule has 0 fully saturated rings. The van der Waals surface area contributed by atoms with Crippen molar-refractivity contribution in [3.05, 3.63) is 18.2 Å². The molecule has 8 nitrogen and oxygen atoms in total. The number of hydrogen-bond donors (Lipinski definition) is 2. The molecule has 1 aliphatic rings. The Balaban J connectivity index is 2.08. The molecule has 156 valence electrons. The summed E-state index contributed by atoms with van der Waals surface area (Å²) in [5, 5.41) is 12.3. The summed E-state index contributed by atoms with van der Waals surface area (Å²) in [6.07, 6.45) is -0.207. The fourth-order valence-electron chi connectivity index (χ4n) is 2.54. The van der Waals surface area contributed by atoms with Gasteiger partial charge in [-0.2, -0.15) is 0 Å². The number of rotatable bonds is 5. The van der Waals surface area contributed by atoms with E-state index in [9.17, 15) is 14.7 Å². The highest BCUT2D eigenvalue weighted by molar-refractivity contribution is 6.00. The van der Waals surface area contributed by atoms with Crippen LogP contribution in [0.2, 0.25) is 0 Å². The van der Waals surface area contributed by atoms with Gasteiger partial charge < -0.3 is 29.5 Å². The Hall–Kier alpha value is -2.48. The summed E-state index contributed by atoms with van der Waals surface area (Å²) in [5.41, 5.74) is -0.940. The van der Waals surface area contributed by atoms with E-state index in [2.05, 4.69) is 5.32 Å². The van der Waals surface area contributed by atoms with Crippen LogP contribution in [0.4, 0.5) is 10.5 Å². The largest absolute Gasteiger partial charge is 0.493 e. The zero-order valence-electron chi connectivity index (χ0n) is 17.4. The number of fused-ring (bicyclic) bond motifs is 1. The van der Waals surface area contributed by atoms with E-state index < -0.39 is 23.3 Å². The van der Waals surface area contributed by atoms with E-state index in [1.54, 1.807) is 59.9 Å². The first-order valence-corrected chi connectivity index (χ1v) is 9.25. The molecule has 0 aromatic heterocycles. The minimum Gasteiger partial charge on any atom is -0.493 e. The van der Waals surface area contributed by atoms with E-state index in [4.69, 9.17) is 14.2 Å². The van der Waals surface area contributed by atoms with Crippen molar-refractivity contribution >= 4 is 17.7 Å². The predicted octanol–water partition coefficient (Wildman–Crippen LogP) is 2.47. The van der Waals surface area contributed by atoms with Crippen LogP contribution in [0.1, 0.15) is 41.0 Å². The first-order valence-electron chi connectivity index (χ1n) is 9.25. The second-order valence-corrected chi connectivity index (χ2v) is 8.45. The van der Waals surface area contributed by atoms with Gasteiger partial charge in [0.2, 0.25) is 0 Å². The van der Waals surface area contributed by atoms with Gasteiger partial charge in [-0.25, -0.2) is 4.79 Å². The summed E-state index contributed by atoms with van der Waals surface area (Å²) in [7, 11) is 1.61. The molecular formula is C20H30N2O6. The maximum atomic E-state index is 12.8. The molecule has 0 radical (unpaired) electrons. The highest BCUT2D eigenvalue weighted by Gasteiger charge is 2.32. The number of carbonyl (C=O) groups excluding carboxylic acids is 2. The van der Waals surface area contributed by atoms with Crippen molar-refractivity contribution in [1.29, 1.82) is 0 Å². The van der Waals surface area contributed by atoms with E-state index in [-0.39, 0.29) is 12.5 Å². The highest BCUT2D eigenvalue weighted by Crippen LogP contribution is 2.34. The number of alkyl carbamates (subject to hydrolysis) is 1. The van der Waals surface area contributed by atoms with Gasteiger partial charge >= 0.3 is 6.09 Å². The van der Waals surface area contributed by atoms with Crippen LogP contribution >= 0.6 is 0 Å². The number of aliphatic hydroxyl groups is 1. The van der Waals surface area contributed by atoms with Gasteiger partial charge in [-0.15, -0.1) is 0 Å². The Morgan fingerprint density at radius 1 is 1.32 bits per heavy atom. The molecule has 0 unspecified atom stereocenters. The topological polar surface area (TPSA) is 97.3 Å². The van der Waals surface area contributed by atoms with Gasteiger partial charge in [0.05, 0.1) is 17.9 Å². The van der Waals surface area contributed by atoms with Crippen molar-refractivity contribution in [3.63, 3.8) is 0 Å². The lowest BCUT2D eigenvalue weighted by Gasteiger charge is -2.24. The molecule has 2 N–H and O–H groups in total. The van der Waals surface area contributed by atoms with E-state index in [1.165, 1.54) is 4.90 Å². The quantitative estimate of drug-likeness (QED) is 0.796. The molecule has 0 saturated carbocycles. The molecule has 0 spiro atoms. The number of likely N-dealkylation sites (N-methyl/N-ethyl adjacent to an activating group) is 1. The van der Waals surface area contributed by atoms with E-state index in [1.807, 2.05) is 0 Å². The lowest BCUT2D eigenvalue weighted by Crippen LogP contribution is -2.50. The molecule has 1 aromatic carbocycles. The molecule has 2 rings (SSSR count). The second-order valence-electron chi connectivity index (χ2n) is 8.45. The number of carbonyl (C=O) groups is 2. The van der Waals surface area contributed by atoms with Gasteiger partial charge in [0.15, 0.2) is 0 Å². The van der Waals surface area contributed by atoms with Crippen LogP contribution in [0.5, 0.6) is 11.5 Å². The van der Waals surface area contributed by atoms with Crippen LogP contribution < -0.4 is 19.7 Å². The summed E-state index contributed by atoms with van der Waals surface area (Å²) in [6.45, 7) is 9.01. The Labute approximate surface area is 165 Å². The fraction of sp³-hybridized carbons (Fsp3) is 0.600. The fourth-order valence-corrected chi connectivity index (χ4v) is 2.54. The Morgan fingerprint density at radius 2 is 2.00 bits per heavy atom. The van der Waals surface area contributed by atoms with Crippen molar-refractivity contribution in [1.82, 2.24) is 5.32 Å². The van der Waals surface area contributed by atoms with Crippen LogP contribution in [0.15, 0.2) is 18.2 Å². The van der Waals surface area contributed by atoms with Crippen LogP contribution in [0.3, 0.4) is 0 Å². The lowest BCUT2D eigenvalue weighted by molar-refractivity contribution is -0.120. The molecule has 0 bridgehead atoms. The van der Waals surface area contributed by atoms with Gasteiger partial charge in [0, 0.05) is 19.5 Å². The number of anilines is 1. The Bertz CT molecular complexity index is 720. The highest BCUT2D eigenvalue weighted by atomic mass is 16.6. The standard InChI is InChI=1S/C20H30N2O6/c1-19(2,3)28-18(24)21-14-12-27-16-8-7-13(26-10-9-20(4,5)25)11-15(16)22(6)17(14)23/h7-8,11,14,25H,9-10,12H2,1-6H3,(H,21,24)/t14-/m0/s1. The molecular weight excluding hydrogens is 364 g/mol. The van der Waals surface area contributed by atoms with Gasteiger partial charge in [-0.05, 0) is 46.8 Å². The molecule has 8 heteroatoms. The lowest BCUT2D eigenvalue weighted by atomic mass is 10.1. The van der Waals surface area contributed by atoms with Crippen LogP contribution in [-0.4, -0.2) is 54.6 Å². The van der Waals surface area contributed by atoms with Gasteiger partial charge in [0.1, 0.15) is 29.7 Å². The number of amides is 2. The maximum Gasteiger partial charge on any atom is 0.408 e. The summed E-state index contributed by atoms with van der Waals surface area (Å²) in [4.78, 5) is 26.2. The van der Waals surface area contributed by atoms with Crippen molar-refractivity contribution in [3.8, 4) is 11.5 Å². The summed E-state index contributed by atoms with van der Waals surface area (Å²) in [6, 6.07) is 4.29. The predicted molar refractivity (Wildman–Crippen MR) is 105 cm³/mol. The molecule has 1 aromatic rings. The van der Waals surface area contributed by atoms with Crippen LogP contribution in [0.25, 0.3) is 0 Å². The average Bonchev–Trinajstić information content (AvgIpc) is 2.64. The van der Waals surface area contributed by atoms with E-state index in [0.29, 0.717) is 30.2 Å². The van der Waals surface area contributed by atoms with Gasteiger partial charge in [-0.3, -0.25) is 4.79 Å². The average molecular weight is 394 g/mol. The van der Waals surface area contributed by atoms with Crippen molar-refractivity contribution < 1.29 is 28.9 Å². The molecule has 2 amide bonds. The third kappa shape index (κ3) is 6.30. The van der Waals surface area contributed by atoms with Crippen molar-refractivity contribution in [2.45, 2.75) is 58.3 Å². The number of ether oxygens (including phenoxy) is 3. The second kappa shape index (κ2) is 8.26. The molecule has 1 atom stereocenters. The monoisotopic (exact) mass is 394 g/mol. The third-order valence-corrected chi connectivity index (χ3v) is 4.00. The zero-order valence-corrected chi connectivity index (χ0v) is 17.4. The van der Waals surface area contributed by atoms with Crippen molar-refractivity contribution in [2.75, 3.05) is 25.2 Å². The minimum atomic E-state index is -0.869. The first-order chi connectivity index (χ1) is 12.9. The van der Waals surface area contributed by atoms with Gasteiger partial charge in [0.25, 0.3) is 5.91 Å². The normalized spacial score (nSPS) is 17.3. The molecule has 28 heavy (non-hydrogen) atoms. The smallest absolute Gasteiger partial charge is 0.408 e. The van der Waals surface area contributed by atoms with E-state index in [0.717, 1.165) is 0 Å². The molecule has 1 aliphatic heterocycles. The summed E-state index contributed by atoms with van der Waals surface area (Å²) in [5.74, 6) is 0.752. The first kappa shape index (κ1) is 21.8. The minimum absolute atomic E-state index is 0.00563. The molecule has 1 heterocycles. The SMILES string of the molecule is CN1C(=O)[C@@H](NC(=O)OC(C)(C)C)COc2ccc(OCCC(C)(C)O)cc21. The number of benzene rings is 1. The third-order valence-electron chi connectivity index (χ3n) is 4.00. The van der Waals surface area contributed by atoms with Gasteiger partial charge in [-0.1, -0.05) is 0 Å². The van der Waals surface area contributed by atoms with Crippen molar-refractivity contribution in [2.24, 2.45) is 0 Å². The van der Waals surface area contributed by atoms with E-state index >= 15 is 0 Å². The van der Waals surface area contributed by atoms with Crippen LogP contribution in [-0.2, 0) is 9.53 Å². The zero-order chi connectivity index (χ0) is 21.1. The number of nitrogens with one attached hydrogen (secondary N) is 1.